The van der Waals surface area contributed by atoms with Crippen molar-refractivity contribution in [3.63, 3.8) is 0 Å². The average molecular weight is 390 g/mol. The fraction of sp³-hybridized carbons (Fsp3) is 0.400. The van der Waals surface area contributed by atoms with Crippen LogP contribution >= 0.6 is 11.3 Å². The van der Waals surface area contributed by atoms with Crippen LogP contribution in [0.1, 0.15) is 39.4 Å². The highest BCUT2D eigenvalue weighted by atomic mass is 32.1. The van der Waals surface area contributed by atoms with Gasteiger partial charge in [-0.3, -0.25) is 9.59 Å². The Labute approximate surface area is 160 Å². The van der Waals surface area contributed by atoms with Gasteiger partial charge in [-0.05, 0) is 55.9 Å². The Bertz CT molecular complexity index is 890. The third kappa shape index (κ3) is 3.74. The smallest absolute Gasteiger partial charge is 0.263 e. The first-order valence-corrected chi connectivity index (χ1v) is 9.99. The minimum Gasteiger partial charge on any atom is -0.338 e. The van der Waals surface area contributed by atoms with Crippen LogP contribution in [0.25, 0.3) is 0 Å². The van der Waals surface area contributed by atoms with Crippen molar-refractivity contribution in [2.45, 2.75) is 32.1 Å². The standard InChI is InChI=1S/C20H20F2N2O2S/c21-15-5-4-14(11-16(15)22)23-19(25)12-3-6-17-13(9-12)10-18(27-17)20(26)24-7-1-2-8-24/h4-5,10-12H,1-3,6-9H2,(H,23,25)/t12-/m0/s1. The van der Waals surface area contributed by atoms with E-state index in [-0.39, 0.29) is 23.4 Å². The number of rotatable bonds is 3. The van der Waals surface area contributed by atoms with E-state index in [0.717, 1.165) is 54.9 Å². The Morgan fingerprint density at radius 3 is 2.63 bits per heavy atom. The molecule has 2 heterocycles. The number of hydrogen-bond acceptors (Lipinski definition) is 3. The van der Waals surface area contributed by atoms with Crippen LogP contribution in [0, 0.1) is 17.6 Å². The molecule has 27 heavy (non-hydrogen) atoms. The summed E-state index contributed by atoms with van der Waals surface area (Å²) in [5.74, 6) is -2.28. The number of aryl methyl sites for hydroxylation is 1. The Balaban J connectivity index is 1.43. The SMILES string of the molecule is O=C(Nc1ccc(F)c(F)c1)[C@H]1CCc2sc(C(=O)N3CCCC3)cc2C1. The van der Waals surface area contributed by atoms with E-state index in [9.17, 15) is 18.4 Å². The molecule has 2 aliphatic rings. The second-order valence-electron chi connectivity index (χ2n) is 7.12. The van der Waals surface area contributed by atoms with Gasteiger partial charge < -0.3 is 10.2 Å². The zero-order valence-corrected chi connectivity index (χ0v) is 15.6. The number of hydrogen-bond donors (Lipinski definition) is 1. The normalized spacial score (nSPS) is 19.0. The molecule has 1 saturated heterocycles. The van der Waals surface area contributed by atoms with E-state index in [2.05, 4.69) is 5.32 Å². The maximum Gasteiger partial charge on any atom is 0.263 e. The van der Waals surface area contributed by atoms with Gasteiger partial charge in [0.05, 0.1) is 4.88 Å². The fourth-order valence-electron chi connectivity index (χ4n) is 3.75. The van der Waals surface area contributed by atoms with Gasteiger partial charge in [0.2, 0.25) is 5.91 Å². The predicted octanol–water partition coefficient (Wildman–Crippen LogP) is 4.01. The molecular weight excluding hydrogens is 370 g/mol. The van der Waals surface area contributed by atoms with Crippen molar-refractivity contribution in [2.24, 2.45) is 5.92 Å². The summed E-state index contributed by atoms with van der Waals surface area (Å²) >= 11 is 1.54. The van der Waals surface area contributed by atoms with Crippen LogP contribution in [0.15, 0.2) is 24.3 Å². The van der Waals surface area contributed by atoms with Crippen molar-refractivity contribution in [1.82, 2.24) is 4.90 Å². The molecule has 142 valence electrons. The van der Waals surface area contributed by atoms with Gasteiger partial charge >= 0.3 is 0 Å². The first-order chi connectivity index (χ1) is 13.0. The molecule has 1 aromatic heterocycles. The average Bonchev–Trinajstić information content (AvgIpc) is 3.33. The van der Waals surface area contributed by atoms with Gasteiger partial charge in [-0.15, -0.1) is 11.3 Å². The molecule has 7 heteroatoms. The zero-order chi connectivity index (χ0) is 19.0. The molecule has 0 unspecified atom stereocenters. The Morgan fingerprint density at radius 1 is 1.11 bits per heavy atom. The summed E-state index contributed by atoms with van der Waals surface area (Å²) in [7, 11) is 0. The number of halogens is 2. The van der Waals surface area contributed by atoms with Gasteiger partial charge in [0.15, 0.2) is 11.6 Å². The van der Waals surface area contributed by atoms with E-state index in [1.807, 2.05) is 11.0 Å². The number of anilines is 1. The summed E-state index contributed by atoms with van der Waals surface area (Å²) in [5.41, 5.74) is 1.30. The fourth-order valence-corrected chi connectivity index (χ4v) is 4.92. The minimum atomic E-state index is -0.985. The molecule has 1 aromatic carbocycles. The van der Waals surface area contributed by atoms with Gasteiger partial charge in [0.25, 0.3) is 5.91 Å². The number of likely N-dealkylation sites (tertiary alicyclic amines) is 1. The molecule has 1 atom stereocenters. The highest BCUT2D eigenvalue weighted by molar-refractivity contribution is 7.14. The Hall–Kier alpha value is -2.28. The van der Waals surface area contributed by atoms with Gasteiger partial charge in [-0.25, -0.2) is 8.78 Å². The van der Waals surface area contributed by atoms with Crippen LogP contribution in [0.5, 0.6) is 0 Å². The highest BCUT2D eigenvalue weighted by Gasteiger charge is 2.29. The van der Waals surface area contributed by atoms with E-state index in [1.165, 1.54) is 22.3 Å². The number of benzene rings is 1. The Kier molecular flexibility index (Phi) is 4.95. The summed E-state index contributed by atoms with van der Waals surface area (Å²) in [6.07, 6.45) is 4.12. The first-order valence-electron chi connectivity index (χ1n) is 9.18. The molecule has 2 aromatic rings. The lowest BCUT2D eigenvalue weighted by molar-refractivity contribution is -0.120. The number of nitrogens with zero attached hydrogens (tertiary/aromatic N) is 1. The first kappa shape index (κ1) is 18.1. The molecule has 0 saturated carbocycles. The summed E-state index contributed by atoms with van der Waals surface area (Å²) < 4.78 is 26.3. The number of nitrogens with one attached hydrogen (secondary N) is 1. The van der Waals surface area contributed by atoms with Gasteiger partial charge in [0, 0.05) is 35.6 Å². The third-order valence-electron chi connectivity index (χ3n) is 5.24. The van der Waals surface area contributed by atoms with Crippen molar-refractivity contribution in [3.05, 3.63) is 51.2 Å². The molecule has 4 rings (SSSR count). The van der Waals surface area contributed by atoms with Crippen molar-refractivity contribution < 1.29 is 18.4 Å². The quantitative estimate of drug-likeness (QED) is 0.861. The summed E-state index contributed by atoms with van der Waals surface area (Å²) in [5, 5.41) is 2.67. The van der Waals surface area contributed by atoms with Gasteiger partial charge in [0.1, 0.15) is 0 Å². The number of fused-ring (bicyclic) bond motifs is 1. The number of carbonyl (C=O) groups excluding carboxylic acids is 2. The lowest BCUT2D eigenvalue weighted by Gasteiger charge is -2.21. The minimum absolute atomic E-state index is 0.0923. The van der Waals surface area contributed by atoms with Crippen LogP contribution in [0.4, 0.5) is 14.5 Å². The maximum atomic E-state index is 13.3. The lowest BCUT2D eigenvalue weighted by atomic mass is 9.87. The lowest BCUT2D eigenvalue weighted by Crippen LogP contribution is -2.27. The second-order valence-corrected chi connectivity index (χ2v) is 8.25. The van der Waals surface area contributed by atoms with Crippen LogP contribution in [0.3, 0.4) is 0 Å². The molecule has 0 bridgehead atoms. The monoisotopic (exact) mass is 390 g/mol. The molecule has 0 spiro atoms. The summed E-state index contributed by atoms with van der Waals surface area (Å²) in [6, 6.07) is 5.26. The van der Waals surface area contributed by atoms with Crippen molar-refractivity contribution in [3.8, 4) is 0 Å². The van der Waals surface area contributed by atoms with Crippen LogP contribution in [-0.2, 0) is 17.6 Å². The second kappa shape index (κ2) is 7.38. The number of thiophene rings is 1. The number of amides is 2. The number of carbonyl (C=O) groups is 2. The molecule has 1 aliphatic heterocycles. The molecule has 4 nitrogen and oxygen atoms in total. The van der Waals surface area contributed by atoms with Gasteiger partial charge in [-0.2, -0.15) is 0 Å². The summed E-state index contributed by atoms with van der Waals surface area (Å²) in [4.78, 5) is 28.9. The predicted molar refractivity (Wildman–Crippen MR) is 100.0 cm³/mol. The Morgan fingerprint density at radius 2 is 1.89 bits per heavy atom. The van der Waals surface area contributed by atoms with Crippen LogP contribution < -0.4 is 5.32 Å². The zero-order valence-electron chi connectivity index (χ0n) is 14.8. The van der Waals surface area contributed by atoms with Crippen LogP contribution in [0.2, 0.25) is 0 Å². The molecule has 1 fully saturated rings. The van der Waals surface area contributed by atoms with E-state index in [0.29, 0.717) is 12.8 Å². The van der Waals surface area contributed by atoms with Crippen molar-refractivity contribution >= 4 is 28.8 Å². The molecule has 1 N–H and O–H groups in total. The van der Waals surface area contributed by atoms with E-state index < -0.39 is 11.6 Å². The van der Waals surface area contributed by atoms with E-state index in [1.54, 1.807) is 0 Å². The van der Waals surface area contributed by atoms with E-state index in [4.69, 9.17) is 0 Å². The molecule has 0 radical (unpaired) electrons. The topological polar surface area (TPSA) is 49.4 Å². The third-order valence-corrected chi connectivity index (χ3v) is 6.47. The molecule has 2 amide bonds. The van der Waals surface area contributed by atoms with E-state index >= 15 is 0 Å². The van der Waals surface area contributed by atoms with Crippen LogP contribution in [-0.4, -0.2) is 29.8 Å². The van der Waals surface area contributed by atoms with Gasteiger partial charge in [-0.1, -0.05) is 0 Å². The van der Waals surface area contributed by atoms with Crippen molar-refractivity contribution in [1.29, 1.82) is 0 Å². The largest absolute Gasteiger partial charge is 0.338 e. The van der Waals surface area contributed by atoms with Crippen molar-refractivity contribution in [2.75, 3.05) is 18.4 Å². The molecule has 1 aliphatic carbocycles. The maximum absolute atomic E-state index is 13.3. The highest BCUT2D eigenvalue weighted by Crippen LogP contribution is 2.34. The molecular formula is C20H20F2N2O2S. The summed E-state index contributed by atoms with van der Waals surface area (Å²) in [6.45, 7) is 1.64.